The molecule has 2 rings (SSSR count). The van der Waals surface area contributed by atoms with Gasteiger partial charge in [-0.2, -0.15) is 0 Å². The molecule has 19 heavy (non-hydrogen) atoms. The van der Waals surface area contributed by atoms with Gasteiger partial charge in [-0.1, -0.05) is 41.4 Å². The molecule has 3 heteroatoms. The molecule has 1 aromatic carbocycles. The van der Waals surface area contributed by atoms with Gasteiger partial charge >= 0.3 is 0 Å². The van der Waals surface area contributed by atoms with Gasteiger partial charge in [0.25, 0.3) is 0 Å². The standard InChI is InChI=1S/C16H25BrN2/c1-3-5-16(11-18-15-8-9-15)19(2)12-13-6-4-7-14(17)10-13/h4,6-7,10,15-16,18H,3,5,8-9,11-12H2,1-2H3. The fourth-order valence-corrected chi connectivity index (χ4v) is 2.90. The molecule has 1 saturated carbocycles. The third kappa shape index (κ3) is 5.25. The zero-order chi connectivity index (χ0) is 13.7. The molecule has 0 saturated heterocycles. The highest BCUT2D eigenvalue weighted by molar-refractivity contribution is 9.10. The molecule has 2 nitrogen and oxygen atoms in total. The maximum Gasteiger partial charge on any atom is 0.0234 e. The predicted molar refractivity (Wildman–Crippen MR) is 85.3 cm³/mol. The Morgan fingerprint density at radius 2 is 2.21 bits per heavy atom. The summed E-state index contributed by atoms with van der Waals surface area (Å²) in [5, 5.41) is 3.67. The van der Waals surface area contributed by atoms with Crippen LogP contribution in [0.3, 0.4) is 0 Å². The van der Waals surface area contributed by atoms with E-state index >= 15 is 0 Å². The fraction of sp³-hybridized carbons (Fsp3) is 0.625. The minimum Gasteiger partial charge on any atom is -0.312 e. The molecule has 0 heterocycles. The number of nitrogens with zero attached hydrogens (tertiary/aromatic N) is 1. The highest BCUT2D eigenvalue weighted by atomic mass is 79.9. The zero-order valence-corrected chi connectivity index (χ0v) is 13.6. The zero-order valence-electron chi connectivity index (χ0n) is 12.0. The minimum absolute atomic E-state index is 0.643. The van der Waals surface area contributed by atoms with Crippen molar-refractivity contribution in [1.29, 1.82) is 0 Å². The molecule has 1 atom stereocenters. The summed E-state index contributed by atoms with van der Waals surface area (Å²) in [6.45, 7) is 4.43. The van der Waals surface area contributed by atoms with E-state index in [2.05, 4.69) is 64.4 Å². The maximum atomic E-state index is 3.67. The van der Waals surface area contributed by atoms with Crippen LogP contribution in [0.2, 0.25) is 0 Å². The number of halogens is 1. The molecular weight excluding hydrogens is 300 g/mol. The number of likely N-dealkylation sites (N-methyl/N-ethyl adjacent to an activating group) is 1. The van der Waals surface area contributed by atoms with E-state index in [1.807, 2.05) is 0 Å². The molecular formula is C16H25BrN2. The molecule has 1 aromatic rings. The first-order chi connectivity index (χ1) is 9.19. The van der Waals surface area contributed by atoms with Crippen molar-refractivity contribution >= 4 is 15.9 Å². The van der Waals surface area contributed by atoms with Gasteiger partial charge in [-0.3, -0.25) is 4.90 Å². The summed E-state index contributed by atoms with van der Waals surface area (Å²) in [5.41, 5.74) is 1.38. The van der Waals surface area contributed by atoms with Crippen LogP contribution < -0.4 is 5.32 Å². The first-order valence-electron chi connectivity index (χ1n) is 7.37. The monoisotopic (exact) mass is 324 g/mol. The summed E-state index contributed by atoms with van der Waals surface area (Å²) in [7, 11) is 2.25. The van der Waals surface area contributed by atoms with Crippen LogP contribution in [0, 0.1) is 0 Å². The Kier molecular flexibility index (Phi) is 5.86. The highest BCUT2D eigenvalue weighted by Gasteiger charge is 2.23. The molecule has 0 spiro atoms. The molecule has 0 aliphatic heterocycles. The Balaban J connectivity index is 1.87. The van der Waals surface area contributed by atoms with E-state index in [9.17, 15) is 0 Å². The molecule has 1 unspecified atom stereocenters. The average molecular weight is 325 g/mol. The van der Waals surface area contributed by atoms with Gasteiger partial charge in [-0.05, 0) is 44.0 Å². The second kappa shape index (κ2) is 7.41. The summed E-state index contributed by atoms with van der Waals surface area (Å²) in [6, 6.07) is 10.1. The Morgan fingerprint density at radius 3 is 2.84 bits per heavy atom. The normalized spacial score (nSPS) is 16.8. The summed E-state index contributed by atoms with van der Waals surface area (Å²) in [4.78, 5) is 2.49. The van der Waals surface area contributed by atoms with Crippen LogP contribution in [0.25, 0.3) is 0 Å². The van der Waals surface area contributed by atoms with E-state index in [0.29, 0.717) is 6.04 Å². The van der Waals surface area contributed by atoms with Crippen molar-refractivity contribution < 1.29 is 0 Å². The summed E-state index contributed by atoms with van der Waals surface area (Å²) in [5.74, 6) is 0. The minimum atomic E-state index is 0.643. The van der Waals surface area contributed by atoms with E-state index in [1.54, 1.807) is 0 Å². The van der Waals surface area contributed by atoms with Gasteiger partial charge < -0.3 is 5.32 Å². The van der Waals surface area contributed by atoms with Crippen molar-refractivity contribution in [3.8, 4) is 0 Å². The summed E-state index contributed by atoms with van der Waals surface area (Å²) < 4.78 is 1.17. The van der Waals surface area contributed by atoms with E-state index in [4.69, 9.17) is 0 Å². The average Bonchev–Trinajstić information content (AvgIpc) is 3.18. The van der Waals surface area contributed by atoms with E-state index in [1.165, 1.54) is 35.7 Å². The van der Waals surface area contributed by atoms with Gasteiger partial charge in [0, 0.05) is 29.6 Å². The maximum absolute atomic E-state index is 3.67. The van der Waals surface area contributed by atoms with Crippen LogP contribution in [0.1, 0.15) is 38.2 Å². The molecule has 0 amide bonds. The van der Waals surface area contributed by atoms with E-state index in [0.717, 1.165) is 19.1 Å². The number of benzene rings is 1. The Morgan fingerprint density at radius 1 is 1.42 bits per heavy atom. The van der Waals surface area contributed by atoms with Crippen molar-refractivity contribution in [1.82, 2.24) is 10.2 Å². The van der Waals surface area contributed by atoms with Crippen LogP contribution in [-0.4, -0.2) is 30.6 Å². The third-order valence-corrected chi connectivity index (χ3v) is 4.28. The van der Waals surface area contributed by atoms with Crippen molar-refractivity contribution in [2.75, 3.05) is 13.6 Å². The van der Waals surface area contributed by atoms with Gasteiger partial charge in [0.05, 0.1) is 0 Å². The lowest BCUT2D eigenvalue weighted by atomic mass is 10.1. The number of hydrogen-bond donors (Lipinski definition) is 1. The van der Waals surface area contributed by atoms with Crippen LogP contribution in [0.15, 0.2) is 28.7 Å². The van der Waals surface area contributed by atoms with Crippen molar-refractivity contribution in [2.45, 2.75) is 51.2 Å². The smallest absolute Gasteiger partial charge is 0.0234 e. The van der Waals surface area contributed by atoms with Gasteiger partial charge in [-0.25, -0.2) is 0 Å². The Bertz CT molecular complexity index is 390. The van der Waals surface area contributed by atoms with Gasteiger partial charge in [0.15, 0.2) is 0 Å². The molecule has 1 aliphatic rings. The topological polar surface area (TPSA) is 15.3 Å². The second-order valence-corrected chi connectivity index (χ2v) is 6.59. The van der Waals surface area contributed by atoms with Crippen LogP contribution >= 0.6 is 15.9 Å². The van der Waals surface area contributed by atoms with Crippen LogP contribution in [-0.2, 0) is 6.54 Å². The molecule has 1 aliphatic carbocycles. The van der Waals surface area contributed by atoms with Gasteiger partial charge in [0.1, 0.15) is 0 Å². The SMILES string of the molecule is CCCC(CNC1CC1)N(C)Cc1cccc(Br)c1. The van der Waals surface area contributed by atoms with Crippen LogP contribution in [0.4, 0.5) is 0 Å². The van der Waals surface area contributed by atoms with Crippen LogP contribution in [0.5, 0.6) is 0 Å². The van der Waals surface area contributed by atoms with Crippen molar-refractivity contribution in [2.24, 2.45) is 0 Å². The first kappa shape index (κ1) is 15.0. The molecule has 1 fully saturated rings. The molecule has 1 N–H and O–H groups in total. The molecule has 0 radical (unpaired) electrons. The lowest BCUT2D eigenvalue weighted by molar-refractivity contribution is 0.214. The van der Waals surface area contributed by atoms with Gasteiger partial charge in [0.2, 0.25) is 0 Å². The second-order valence-electron chi connectivity index (χ2n) is 5.67. The highest BCUT2D eigenvalue weighted by Crippen LogP contribution is 2.20. The fourth-order valence-electron chi connectivity index (χ4n) is 2.45. The number of rotatable bonds is 8. The first-order valence-corrected chi connectivity index (χ1v) is 8.16. The summed E-state index contributed by atoms with van der Waals surface area (Å²) in [6.07, 6.45) is 5.26. The largest absolute Gasteiger partial charge is 0.312 e. The third-order valence-electron chi connectivity index (χ3n) is 3.79. The quantitative estimate of drug-likeness (QED) is 0.782. The number of hydrogen-bond acceptors (Lipinski definition) is 2. The Labute approximate surface area is 125 Å². The number of nitrogens with one attached hydrogen (secondary N) is 1. The molecule has 106 valence electrons. The lowest BCUT2D eigenvalue weighted by Crippen LogP contribution is -2.40. The molecule has 0 aromatic heterocycles. The van der Waals surface area contributed by atoms with E-state index < -0.39 is 0 Å². The lowest BCUT2D eigenvalue weighted by Gasteiger charge is -2.28. The predicted octanol–water partition coefficient (Wildman–Crippen LogP) is 3.80. The van der Waals surface area contributed by atoms with Crippen molar-refractivity contribution in [3.63, 3.8) is 0 Å². The Hall–Kier alpha value is -0.380. The van der Waals surface area contributed by atoms with Gasteiger partial charge in [-0.15, -0.1) is 0 Å². The van der Waals surface area contributed by atoms with Crippen molar-refractivity contribution in [3.05, 3.63) is 34.3 Å². The molecule has 0 bridgehead atoms. The van der Waals surface area contributed by atoms with E-state index in [-0.39, 0.29) is 0 Å². The summed E-state index contributed by atoms with van der Waals surface area (Å²) >= 11 is 3.55.